The Kier molecular flexibility index (Phi) is 5.90. The number of hydrogen-bond donors (Lipinski definition) is 4. The first-order valence-corrected chi connectivity index (χ1v) is 10.1. The van der Waals surface area contributed by atoms with Gasteiger partial charge in [0.25, 0.3) is 0 Å². The predicted octanol–water partition coefficient (Wildman–Crippen LogP) is 3.04. The number of fused-ring (bicyclic) bond motifs is 1. The molecule has 1 aromatic carbocycles. The van der Waals surface area contributed by atoms with Gasteiger partial charge in [-0.15, -0.1) is 0 Å². The maximum atomic E-state index is 13.1. The average molecular weight is 403 g/mol. The summed E-state index contributed by atoms with van der Waals surface area (Å²) < 4.78 is 0. The van der Waals surface area contributed by atoms with E-state index < -0.39 is 0 Å². The molecule has 7 nitrogen and oxygen atoms in total. The highest BCUT2D eigenvalue weighted by molar-refractivity contribution is 6.08. The first-order chi connectivity index (χ1) is 14.7. The van der Waals surface area contributed by atoms with E-state index in [4.69, 9.17) is 0 Å². The maximum Gasteiger partial charge on any atom is 0.221 e. The van der Waals surface area contributed by atoms with Crippen LogP contribution in [-0.4, -0.2) is 41.3 Å². The SMILES string of the molecule is CNCCC(=O)NC1CC(=O)c2c([nH]c(-c3ccncc3)c2Nc2ccccc2)C1. The number of carbonyl (C=O) groups excluding carboxylic acids is 2. The number of para-hydroxylation sites is 1. The van der Waals surface area contributed by atoms with E-state index in [1.807, 2.05) is 49.5 Å². The molecule has 1 atom stereocenters. The van der Waals surface area contributed by atoms with Crippen molar-refractivity contribution in [1.29, 1.82) is 0 Å². The van der Waals surface area contributed by atoms with Crippen molar-refractivity contribution >= 4 is 23.1 Å². The Morgan fingerprint density at radius 1 is 1.13 bits per heavy atom. The second-order valence-electron chi connectivity index (χ2n) is 7.40. The van der Waals surface area contributed by atoms with Gasteiger partial charge in [-0.2, -0.15) is 0 Å². The summed E-state index contributed by atoms with van der Waals surface area (Å²) in [5.74, 6) is -0.0284. The summed E-state index contributed by atoms with van der Waals surface area (Å²) in [4.78, 5) is 32.8. The molecule has 0 saturated heterocycles. The number of nitrogens with zero attached hydrogens (tertiary/aromatic N) is 1. The second kappa shape index (κ2) is 8.92. The van der Waals surface area contributed by atoms with E-state index >= 15 is 0 Å². The summed E-state index contributed by atoms with van der Waals surface area (Å²) >= 11 is 0. The standard InChI is InChI=1S/C23H25N5O2/c1-24-10-9-20(30)26-17-13-18-21(19(29)14-17)23(27-16-5-3-2-4-6-16)22(28-18)15-7-11-25-12-8-15/h2-8,11-12,17,24,27-28H,9-10,13-14H2,1H3,(H,26,30). The van der Waals surface area contributed by atoms with Gasteiger partial charge in [0.2, 0.25) is 5.91 Å². The van der Waals surface area contributed by atoms with Gasteiger partial charge >= 0.3 is 0 Å². The summed E-state index contributed by atoms with van der Waals surface area (Å²) in [6.45, 7) is 0.609. The third-order valence-electron chi connectivity index (χ3n) is 5.22. The minimum absolute atomic E-state index is 0.0187. The lowest BCUT2D eigenvalue weighted by Crippen LogP contribution is -2.41. The quantitative estimate of drug-likeness (QED) is 0.486. The molecule has 0 spiro atoms. The number of anilines is 2. The average Bonchev–Trinajstić information content (AvgIpc) is 3.12. The third kappa shape index (κ3) is 4.26. The maximum absolute atomic E-state index is 13.1. The number of nitrogens with one attached hydrogen (secondary N) is 4. The number of carbonyl (C=O) groups is 2. The molecule has 0 aliphatic heterocycles. The molecule has 30 heavy (non-hydrogen) atoms. The fraction of sp³-hybridized carbons (Fsp3) is 0.261. The van der Waals surface area contributed by atoms with E-state index in [0.717, 1.165) is 28.3 Å². The van der Waals surface area contributed by atoms with Gasteiger partial charge in [-0.1, -0.05) is 18.2 Å². The van der Waals surface area contributed by atoms with Gasteiger partial charge in [-0.25, -0.2) is 0 Å². The molecule has 0 bridgehead atoms. The highest BCUT2D eigenvalue weighted by Crippen LogP contribution is 2.38. The summed E-state index contributed by atoms with van der Waals surface area (Å²) in [5.41, 5.74) is 4.99. The molecular formula is C23H25N5O2. The van der Waals surface area contributed by atoms with Gasteiger partial charge in [0.05, 0.1) is 16.9 Å². The van der Waals surface area contributed by atoms with Gasteiger partial charge in [-0.3, -0.25) is 14.6 Å². The lowest BCUT2D eigenvalue weighted by atomic mass is 9.91. The highest BCUT2D eigenvalue weighted by atomic mass is 16.2. The summed E-state index contributed by atoms with van der Waals surface area (Å²) in [6.07, 6.45) is 4.72. The van der Waals surface area contributed by atoms with Crippen molar-refractivity contribution in [2.45, 2.75) is 25.3 Å². The molecule has 7 heteroatoms. The molecule has 1 aliphatic carbocycles. The number of H-pyrrole nitrogens is 1. The van der Waals surface area contributed by atoms with Crippen molar-refractivity contribution in [2.75, 3.05) is 18.9 Å². The summed E-state index contributed by atoms with van der Waals surface area (Å²) in [6, 6.07) is 13.4. The van der Waals surface area contributed by atoms with Crippen LogP contribution in [0.5, 0.6) is 0 Å². The van der Waals surface area contributed by atoms with Crippen molar-refractivity contribution in [3.8, 4) is 11.3 Å². The van der Waals surface area contributed by atoms with E-state index in [9.17, 15) is 9.59 Å². The molecule has 1 unspecified atom stereocenters. The first-order valence-electron chi connectivity index (χ1n) is 10.1. The number of Topliss-reactive ketones (excluding diaryl/α,β-unsaturated/α-hetero) is 1. The van der Waals surface area contributed by atoms with Crippen molar-refractivity contribution < 1.29 is 9.59 Å². The van der Waals surface area contributed by atoms with Crippen LogP contribution in [0.15, 0.2) is 54.9 Å². The van der Waals surface area contributed by atoms with Crippen LogP contribution >= 0.6 is 0 Å². The summed E-state index contributed by atoms with van der Waals surface area (Å²) in [5, 5.41) is 9.38. The zero-order valence-electron chi connectivity index (χ0n) is 16.9. The third-order valence-corrected chi connectivity index (χ3v) is 5.22. The lowest BCUT2D eigenvalue weighted by molar-refractivity contribution is -0.121. The Morgan fingerprint density at radius 2 is 1.90 bits per heavy atom. The normalized spacial score (nSPS) is 15.5. The molecule has 0 radical (unpaired) electrons. The molecule has 0 fully saturated rings. The Morgan fingerprint density at radius 3 is 2.63 bits per heavy atom. The number of amides is 1. The van der Waals surface area contributed by atoms with Crippen LogP contribution in [0.25, 0.3) is 11.3 Å². The van der Waals surface area contributed by atoms with Gasteiger partial charge in [-0.05, 0) is 31.3 Å². The smallest absolute Gasteiger partial charge is 0.221 e. The van der Waals surface area contributed by atoms with Crippen LogP contribution in [0.1, 0.15) is 28.9 Å². The fourth-order valence-electron chi connectivity index (χ4n) is 3.82. The number of ketones is 1. The van der Waals surface area contributed by atoms with Crippen molar-refractivity contribution in [1.82, 2.24) is 20.6 Å². The van der Waals surface area contributed by atoms with Crippen LogP contribution in [-0.2, 0) is 11.2 Å². The molecule has 2 aromatic heterocycles. The molecule has 1 aliphatic rings. The Hall–Kier alpha value is -3.45. The second-order valence-corrected chi connectivity index (χ2v) is 7.40. The zero-order valence-corrected chi connectivity index (χ0v) is 16.9. The van der Waals surface area contributed by atoms with E-state index in [-0.39, 0.29) is 24.2 Å². The fourth-order valence-corrected chi connectivity index (χ4v) is 3.82. The molecule has 0 saturated carbocycles. The monoisotopic (exact) mass is 403 g/mol. The highest BCUT2D eigenvalue weighted by Gasteiger charge is 2.32. The number of aromatic amines is 1. The summed E-state index contributed by atoms with van der Waals surface area (Å²) in [7, 11) is 1.81. The van der Waals surface area contributed by atoms with Gasteiger partial charge in [0.15, 0.2) is 5.78 Å². The Bertz CT molecular complexity index is 1030. The van der Waals surface area contributed by atoms with Crippen LogP contribution in [0.2, 0.25) is 0 Å². The van der Waals surface area contributed by atoms with Crippen molar-refractivity contribution in [3.63, 3.8) is 0 Å². The van der Waals surface area contributed by atoms with E-state index in [1.54, 1.807) is 12.4 Å². The van der Waals surface area contributed by atoms with Crippen LogP contribution in [0.4, 0.5) is 11.4 Å². The number of benzene rings is 1. The number of aromatic nitrogens is 2. The number of rotatable bonds is 7. The lowest BCUT2D eigenvalue weighted by Gasteiger charge is -2.23. The largest absolute Gasteiger partial charge is 0.356 e. The van der Waals surface area contributed by atoms with E-state index in [0.29, 0.717) is 24.9 Å². The molecule has 4 rings (SSSR count). The molecule has 2 heterocycles. The van der Waals surface area contributed by atoms with Crippen LogP contribution in [0, 0.1) is 0 Å². The zero-order chi connectivity index (χ0) is 20.9. The molecule has 4 N–H and O–H groups in total. The topological polar surface area (TPSA) is 98.9 Å². The van der Waals surface area contributed by atoms with Gasteiger partial charge in [0.1, 0.15) is 0 Å². The molecular weight excluding hydrogens is 378 g/mol. The molecule has 154 valence electrons. The van der Waals surface area contributed by atoms with E-state index in [2.05, 4.69) is 25.9 Å². The van der Waals surface area contributed by atoms with Gasteiger partial charge in [0, 0.05) is 61.2 Å². The number of pyridine rings is 1. The number of hydrogen-bond acceptors (Lipinski definition) is 5. The van der Waals surface area contributed by atoms with Crippen LogP contribution in [0.3, 0.4) is 0 Å². The molecule has 3 aromatic rings. The molecule has 1 amide bonds. The Balaban J connectivity index is 1.67. The predicted molar refractivity (Wildman–Crippen MR) is 117 cm³/mol. The van der Waals surface area contributed by atoms with Gasteiger partial charge < -0.3 is 20.9 Å². The van der Waals surface area contributed by atoms with Crippen molar-refractivity contribution in [2.24, 2.45) is 0 Å². The van der Waals surface area contributed by atoms with E-state index in [1.165, 1.54) is 0 Å². The first kappa shape index (κ1) is 19.8. The minimum atomic E-state index is -0.206. The minimum Gasteiger partial charge on any atom is -0.356 e. The Labute approximate surface area is 175 Å². The van der Waals surface area contributed by atoms with Crippen LogP contribution < -0.4 is 16.0 Å². The van der Waals surface area contributed by atoms with Crippen molar-refractivity contribution in [3.05, 3.63) is 66.1 Å².